The summed E-state index contributed by atoms with van der Waals surface area (Å²) in [6.45, 7) is 3.83. The standard InChI is InChI=1S/C27H33BrN2O5S.ClH/c1-2-3-4-5-6-7-20-35-24-12-14-25(15-13-24)36(33,34)27(26(31)29-32)16-18-30(19-17-27)21-22-8-10-23(28)11-9-22;/h8-15,32H,2-5,16-21H2,1H3,(H,29,31);1H. The summed E-state index contributed by atoms with van der Waals surface area (Å²) in [5, 5.41) is 9.41. The van der Waals surface area contributed by atoms with E-state index in [1.807, 2.05) is 24.3 Å². The average molecular weight is 614 g/mol. The van der Waals surface area contributed by atoms with Gasteiger partial charge in [-0.05, 0) is 61.2 Å². The molecule has 10 heteroatoms. The Labute approximate surface area is 234 Å². The second-order valence-electron chi connectivity index (χ2n) is 8.91. The van der Waals surface area contributed by atoms with Crippen molar-refractivity contribution < 1.29 is 23.2 Å². The first kappa shape index (κ1) is 31.1. The minimum atomic E-state index is -4.08. The molecule has 0 saturated carbocycles. The first-order valence-electron chi connectivity index (χ1n) is 12.2. The molecule has 0 atom stereocenters. The second-order valence-corrected chi connectivity index (χ2v) is 12.1. The van der Waals surface area contributed by atoms with Crippen molar-refractivity contribution in [3.8, 4) is 17.6 Å². The zero-order valence-electron chi connectivity index (χ0n) is 20.9. The molecule has 7 nitrogen and oxygen atoms in total. The lowest BCUT2D eigenvalue weighted by Crippen LogP contribution is -2.57. The maximum absolute atomic E-state index is 13.6. The molecule has 2 aromatic carbocycles. The van der Waals surface area contributed by atoms with Gasteiger partial charge in [-0.3, -0.25) is 14.9 Å². The number of hydrogen-bond acceptors (Lipinski definition) is 6. The lowest BCUT2D eigenvalue weighted by molar-refractivity contribution is -0.133. The van der Waals surface area contributed by atoms with Crippen LogP contribution in [0.25, 0.3) is 0 Å². The number of piperidine rings is 1. The summed E-state index contributed by atoms with van der Waals surface area (Å²) in [6, 6.07) is 14.0. The van der Waals surface area contributed by atoms with Gasteiger partial charge in [-0.25, -0.2) is 13.9 Å². The summed E-state index contributed by atoms with van der Waals surface area (Å²) in [5.41, 5.74) is 2.70. The molecule has 2 aromatic rings. The van der Waals surface area contributed by atoms with Crippen molar-refractivity contribution in [2.45, 2.75) is 61.6 Å². The van der Waals surface area contributed by atoms with E-state index in [0.29, 0.717) is 25.4 Å². The van der Waals surface area contributed by atoms with Gasteiger partial charge in [0.15, 0.2) is 14.6 Å². The Kier molecular flexibility index (Phi) is 12.4. The highest BCUT2D eigenvalue weighted by molar-refractivity contribution is 9.10. The van der Waals surface area contributed by atoms with E-state index in [9.17, 15) is 18.4 Å². The van der Waals surface area contributed by atoms with Gasteiger partial charge in [0.25, 0.3) is 5.91 Å². The van der Waals surface area contributed by atoms with E-state index in [1.165, 1.54) is 12.1 Å². The molecule has 1 saturated heterocycles. The number of nitrogens with zero attached hydrogens (tertiary/aromatic N) is 1. The molecule has 1 fully saturated rings. The zero-order chi connectivity index (χ0) is 26.0. The molecule has 0 aromatic heterocycles. The molecule has 0 aliphatic carbocycles. The molecule has 37 heavy (non-hydrogen) atoms. The van der Waals surface area contributed by atoms with Crippen molar-refractivity contribution in [2.24, 2.45) is 0 Å². The molecule has 0 spiro atoms. The van der Waals surface area contributed by atoms with Crippen molar-refractivity contribution in [3.05, 3.63) is 58.6 Å². The van der Waals surface area contributed by atoms with Crippen LogP contribution < -0.4 is 10.2 Å². The highest BCUT2D eigenvalue weighted by Crippen LogP contribution is 2.37. The van der Waals surface area contributed by atoms with E-state index in [0.717, 1.165) is 35.7 Å². The molecular formula is C27H34BrClN2O5S. The van der Waals surface area contributed by atoms with Crippen LogP contribution in [0.5, 0.6) is 5.75 Å². The highest BCUT2D eigenvalue weighted by atomic mass is 79.9. The van der Waals surface area contributed by atoms with Crippen LogP contribution in [-0.4, -0.2) is 48.9 Å². The number of hydrogen-bond donors (Lipinski definition) is 2. The summed E-state index contributed by atoms with van der Waals surface area (Å²) in [7, 11) is -4.08. The largest absolute Gasteiger partial charge is 0.481 e. The van der Waals surface area contributed by atoms with Crippen LogP contribution in [0.4, 0.5) is 0 Å². The highest BCUT2D eigenvalue weighted by Gasteiger charge is 2.52. The predicted octanol–water partition coefficient (Wildman–Crippen LogP) is 5.15. The fourth-order valence-corrected chi connectivity index (χ4v) is 6.52. The minimum absolute atomic E-state index is 0. The Morgan fingerprint density at radius 2 is 1.73 bits per heavy atom. The van der Waals surface area contributed by atoms with E-state index >= 15 is 0 Å². The number of sulfone groups is 1. The zero-order valence-corrected chi connectivity index (χ0v) is 24.1. The monoisotopic (exact) mass is 612 g/mol. The fourth-order valence-electron chi connectivity index (χ4n) is 4.30. The average Bonchev–Trinajstić information content (AvgIpc) is 2.89. The van der Waals surface area contributed by atoms with Gasteiger partial charge in [0.1, 0.15) is 12.4 Å². The van der Waals surface area contributed by atoms with Crippen LogP contribution in [0.15, 0.2) is 57.9 Å². The van der Waals surface area contributed by atoms with Gasteiger partial charge in [0, 0.05) is 30.5 Å². The first-order chi connectivity index (χ1) is 17.3. The summed E-state index contributed by atoms with van der Waals surface area (Å²) >= 11 is 3.42. The molecule has 0 unspecified atom stereocenters. The Balaban J connectivity index is 0.00000481. The van der Waals surface area contributed by atoms with Crippen LogP contribution in [0.1, 0.15) is 51.0 Å². The number of rotatable bonds is 10. The Morgan fingerprint density at radius 1 is 1.08 bits per heavy atom. The number of ether oxygens (including phenoxy) is 1. The van der Waals surface area contributed by atoms with Gasteiger partial charge >= 0.3 is 0 Å². The lowest BCUT2D eigenvalue weighted by atomic mass is 9.94. The van der Waals surface area contributed by atoms with Crippen molar-refractivity contribution >= 4 is 44.1 Å². The van der Waals surface area contributed by atoms with Gasteiger partial charge < -0.3 is 4.74 Å². The molecule has 1 heterocycles. The third-order valence-electron chi connectivity index (χ3n) is 6.49. The van der Waals surface area contributed by atoms with E-state index < -0.39 is 20.5 Å². The number of likely N-dealkylation sites (tertiary alicyclic amines) is 1. The van der Waals surface area contributed by atoms with Crippen LogP contribution in [0.3, 0.4) is 0 Å². The van der Waals surface area contributed by atoms with Crippen molar-refractivity contribution in [2.75, 3.05) is 19.7 Å². The van der Waals surface area contributed by atoms with Crippen molar-refractivity contribution in [1.82, 2.24) is 10.4 Å². The van der Waals surface area contributed by atoms with E-state index in [1.54, 1.807) is 17.6 Å². The normalized spacial score (nSPS) is 15.1. The van der Waals surface area contributed by atoms with Crippen molar-refractivity contribution in [1.29, 1.82) is 0 Å². The SMILES string of the molecule is CCCCCC#CCOc1ccc(S(=O)(=O)C2(C(=O)NO)CCN(Cc3ccc(Br)cc3)CC2)cc1.Cl. The number of nitrogens with one attached hydrogen (secondary N) is 1. The Hall–Kier alpha value is -2.09. The number of unbranched alkanes of at least 4 members (excludes halogenated alkanes) is 3. The number of amides is 1. The molecule has 0 bridgehead atoms. The number of carbonyl (C=O) groups is 1. The first-order valence-corrected chi connectivity index (χ1v) is 14.4. The lowest BCUT2D eigenvalue weighted by Gasteiger charge is -2.39. The second kappa shape index (κ2) is 14.7. The molecule has 0 radical (unpaired) electrons. The summed E-state index contributed by atoms with van der Waals surface area (Å²) in [4.78, 5) is 14.9. The number of carbonyl (C=O) groups excluding carboxylic acids is 1. The van der Waals surface area contributed by atoms with Crippen LogP contribution >= 0.6 is 28.3 Å². The molecule has 1 aliphatic heterocycles. The predicted molar refractivity (Wildman–Crippen MR) is 150 cm³/mol. The Bertz CT molecular complexity index is 1170. The maximum atomic E-state index is 13.6. The van der Waals surface area contributed by atoms with E-state index in [4.69, 9.17) is 4.74 Å². The third kappa shape index (κ3) is 7.95. The minimum Gasteiger partial charge on any atom is -0.481 e. The quantitative estimate of drug-likeness (QED) is 0.167. The number of halogens is 2. The van der Waals surface area contributed by atoms with Crippen LogP contribution in [0.2, 0.25) is 0 Å². The summed E-state index contributed by atoms with van der Waals surface area (Å²) < 4.78 is 32.1. The molecule has 202 valence electrons. The summed E-state index contributed by atoms with van der Waals surface area (Å²) in [6.07, 6.45) is 4.36. The summed E-state index contributed by atoms with van der Waals surface area (Å²) in [5.74, 6) is 5.64. The van der Waals surface area contributed by atoms with Crippen LogP contribution in [0, 0.1) is 11.8 Å². The van der Waals surface area contributed by atoms with Gasteiger partial charge in [0.2, 0.25) is 0 Å². The van der Waals surface area contributed by atoms with Gasteiger partial charge in [0.05, 0.1) is 4.90 Å². The molecule has 2 N–H and O–H groups in total. The molecule has 3 rings (SSSR count). The number of benzene rings is 2. The Morgan fingerprint density at radius 3 is 2.32 bits per heavy atom. The number of hydroxylamine groups is 1. The van der Waals surface area contributed by atoms with Gasteiger partial charge in [-0.2, -0.15) is 0 Å². The third-order valence-corrected chi connectivity index (χ3v) is 9.53. The molecule has 1 amide bonds. The van der Waals surface area contributed by atoms with E-state index in [-0.39, 0.29) is 36.8 Å². The maximum Gasteiger partial charge on any atom is 0.265 e. The molecular weight excluding hydrogens is 580 g/mol. The molecule has 1 aliphatic rings. The topological polar surface area (TPSA) is 95.9 Å². The fraction of sp³-hybridized carbons (Fsp3) is 0.444. The van der Waals surface area contributed by atoms with E-state index in [2.05, 4.69) is 39.6 Å². The smallest absolute Gasteiger partial charge is 0.265 e. The van der Waals surface area contributed by atoms with Crippen molar-refractivity contribution in [3.63, 3.8) is 0 Å². The van der Waals surface area contributed by atoms with Gasteiger partial charge in [-0.1, -0.05) is 59.7 Å². The van der Waals surface area contributed by atoms with Gasteiger partial charge in [-0.15, -0.1) is 12.4 Å². The van der Waals surface area contributed by atoms with Crippen LogP contribution in [-0.2, 0) is 21.2 Å².